The average molecular weight is 280 g/mol. The molecule has 0 saturated carbocycles. The van der Waals surface area contributed by atoms with Gasteiger partial charge in [0.1, 0.15) is 5.82 Å². The summed E-state index contributed by atoms with van der Waals surface area (Å²) in [7, 11) is 3.14. The highest BCUT2D eigenvalue weighted by Gasteiger charge is 2.12. The Labute approximate surface area is 114 Å². The highest BCUT2D eigenvalue weighted by molar-refractivity contribution is 7.13. The molecule has 4 nitrogen and oxygen atoms in total. The van der Waals surface area contributed by atoms with E-state index in [4.69, 9.17) is 0 Å². The van der Waals surface area contributed by atoms with Crippen molar-refractivity contribution in [3.63, 3.8) is 0 Å². The number of hydrogen-bond donors (Lipinski definition) is 0. The fraction of sp³-hybridized carbons (Fsp3) is 0.231. The van der Waals surface area contributed by atoms with Crippen molar-refractivity contribution in [1.29, 1.82) is 0 Å². The molecule has 2 rings (SSSR count). The zero-order valence-electron chi connectivity index (χ0n) is 10.6. The number of ether oxygens (including phenoxy) is 1. The third-order valence-corrected chi connectivity index (χ3v) is 3.54. The predicted molar refractivity (Wildman–Crippen MR) is 72.3 cm³/mol. The van der Waals surface area contributed by atoms with E-state index < -0.39 is 0 Å². The quantitative estimate of drug-likeness (QED) is 0.808. The minimum Gasteiger partial charge on any atom is -0.469 e. The SMILES string of the molecule is COC(=O)Cc1csc(N(C)c2cccc(F)c2)n1. The maximum atomic E-state index is 13.2. The molecule has 0 bridgehead atoms. The topological polar surface area (TPSA) is 42.4 Å². The van der Waals surface area contributed by atoms with Gasteiger partial charge in [0.2, 0.25) is 0 Å². The number of rotatable bonds is 4. The van der Waals surface area contributed by atoms with Gasteiger partial charge in [0.25, 0.3) is 0 Å². The molecule has 0 radical (unpaired) electrons. The lowest BCUT2D eigenvalue weighted by Gasteiger charge is -2.15. The normalized spacial score (nSPS) is 10.3. The first-order valence-corrected chi connectivity index (χ1v) is 6.48. The molecule has 0 spiro atoms. The smallest absolute Gasteiger partial charge is 0.311 e. The first-order valence-electron chi connectivity index (χ1n) is 5.60. The number of carbonyl (C=O) groups is 1. The van der Waals surface area contributed by atoms with Crippen LogP contribution in [0.1, 0.15) is 5.69 Å². The molecule has 0 atom stereocenters. The molecular formula is C13H13FN2O2S. The third kappa shape index (κ3) is 3.29. The number of nitrogens with zero attached hydrogens (tertiary/aromatic N) is 2. The van der Waals surface area contributed by atoms with Crippen LogP contribution in [0.4, 0.5) is 15.2 Å². The van der Waals surface area contributed by atoms with Crippen molar-refractivity contribution in [3.05, 3.63) is 41.2 Å². The Morgan fingerprint density at radius 1 is 1.53 bits per heavy atom. The maximum Gasteiger partial charge on any atom is 0.311 e. The molecule has 0 fully saturated rings. The molecule has 1 aromatic carbocycles. The Morgan fingerprint density at radius 3 is 3.00 bits per heavy atom. The lowest BCUT2D eigenvalue weighted by Crippen LogP contribution is -2.10. The molecule has 0 saturated heterocycles. The van der Waals surface area contributed by atoms with E-state index in [2.05, 4.69) is 9.72 Å². The van der Waals surface area contributed by atoms with Crippen LogP contribution in [0.3, 0.4) is 0 Å². The highest BCUT2D eigenvalue weighted by Crippen LogP contribution is 2.27. The summed E-state index contributed by atoms with van der Waals surface area (Å²) in [6, 6.07) is 6.26. The minimum absolute atomic E-state index is 0.143. The Hall–Kier alpha value is -1.95. The van der Waals surface area contributed by atoms with Gasteiger partial charge in [0, 0.05) is 18.1 Å². The molecule has 1 heterocycles. The Morgan fingerprint density at radius 2 is 2.32 bits per heavy atom. The molecule has 19 heavy (non-hydrogen) atoms. The van der Waals surface area contributed by atoms with Crippen molar-refractivity contribution in [2.45, 2.75) is 6.42 Å². The highest BCUT2D eigenvalue weighted by atomic mass is 32.1. The van der Waals surface area contributed by atoms with E-state index in [0.29, 0.717) is 16.5 Å². The Balaban J connectivity index is 2.16. The van der Waals surface area contributed by atoms with E-state index in [1.165, 1.54) is 30.6 Å². The molecule has 0 N–H and O–H groups in total. The Kier molecular flexibility index (Phi) is 4.11. The van der Waals surface area contributed by atoms with Crippen molar-refractivity contribution in [3.8, 4) is 0 Å². The molecule has 0 aliphatic carbocycles. The second-order valence-corrected chi connectivity index (χ2v) is 4.75. The van der Waals surface area contributed by atoms with Crippen molar-refractivity contribution in [2.24, 2.45) is 0 Å². The first kappa shape index (κ1) is 13.5. The van der Waals surface area contributed by atoms with Crippen molar-refractivity contribution >= 4 is 28.1 Å². The molecule has 0 aliphatic rings. The van der Waals surface area contributed by atoms with E-state index in [0.717, 1.165) is 0 Å². The number of anilines is 2. The predicted octanol–water partition coefficient (Wildman–Crippen LogP) is 2.77. The molecule has 2 aromatic rings. The summed E-state index contributed by atoms with van der Waals surface area (Å²) in [6.07, 6.45) is 0.143. The third-order valence-electron chi connectivity index (χ3n) is 2.58. The van der Waals surface area contributed by atoms with E-state index in [-0.39, 0.29) is 18.2 Å². The zero-order chi connectivity index (χ0) is 13.8. The van der Waals surface area contributed by atoms with Crippen molar-refractivity contribution in [1.82, 2.24) is 4.98 Å². The molecule has 0 amide bonds. The van der Waals surface area contributed by atoms with Crippen LogP contribution in [0.15, 0.2) is 29.6 Å². The fourth-order valence-corrected chi connectivity index (χ4v) is 2.36. The van der Waals surface area contributed by atoms with Gasteiger partial charge in [-0.05, 0) is 18.2 Å². The number of aromatic nitrogens is 1. The molecule has 100 valence electrons. The number of hydrogen-bond acceptors (Lipinski definition) is 5. The Bertz CT molecular complexity index is 586. The second kappa shape index (κ2) is 5.79. The molecule has 1 aromatic heterocycles. The van der Waals surface area contributed by atoms with Gasteiger partial charge < -0.3 is 9.64 Å². The summed E-state index contributed by atoms with van der Waals surface area (Å²) in [4.78, 5) is 17.3. The summed E-state index contributed by atoms with van der Waals surface area (Å²) in [5.74, 6) is -0.624. The number of halogens is 1. The van der Waals surface area contributed by atoms with E-state index in [9.17, 15) is 9.18 Å². The van der Waals surface area contributed by atoms with Gasteiger partial charge in [-0.1, -0.05) is 6.07 Å². The first-order chi connectivity index (χ1) is 9.10. The van der Waals surface area contributed by atoms with Gasteiger partial charge in [0.05, 0.1) is 19.2 Å². The summed E-state index contributed by atoms with van der Waals surface area (Å²) in [5, 5.41) is 2.49. The van der Waals surface area contributed by atoms with Crippen LogP contribution in [-0.4, -0.2) is 25.1 Å². The minimum atomic E-state index is -0.328. The van der Waals surface area contributed by atoms with E-state index in [1.54, 1.807) is 29.5 Å². The monoisotopic (exact) mass is 280 g/mol. The number of carbonyl (C=O) groups excluding carboxylic acids is 1. The van der Waals surface area contributed by atoms with Crippen LogP contribution in [0.2, 0.25) is 0 Å². The molecule has 0 aliphatic heterocycles. The van der Waals surface area contributed by atoms with Gasteiger partial charge in [-0.2, -0.15) is 0 Å². The van der Waals surface area contributed by atoms with Gasteiger partial charge in [-0.3, -0.25) is 4.79 Å². The number of thiazole rings is 1. The summed E-state index contributed by atoms with van der Waals surface area (Å²) >= 11 is 1.40. The van der Waals surface area contributed by atoms with E-state index in [1.807, 2.05) is 0 Å². The number of esters is 1. The van der Waals surface area contributed by atoms with Crippen LogP contribution < -0.4 is 4.90 Å². The van der Waals surface area contributed by atoms with Gasteiger partial charge in [-0.25, -0.2) is 9.37 Å². The van der Waals surface area contributed by atoms with Crippen LogP contribution in [0.5, 0.6) is 0 Å². The fourth-order valence-electron chi connectivity index (χ4n) is 1.55. The maximum absolute atomic E-state index is 13.2. The number of methoxy groups -OCH3 is 1. The number of benzene rings is 1. The van der Waals surface area contributed by atoms with Gasteiger partial charge in [-0.15, -0.1) is 11.3 Å². The lowest BCUT2D eigenvalue weighted by molar-refractivity contribution is -0.139. The van der Waals surface area contributed by atoms with E-state index >= 15 is 0 Å². The molecule has 0 unspecified atom stereocenters. The summed E-state index contributed by atoms with van der Waals surface area (Å²) in [5.41, 5.74) is 1.36. The molecular weight excluding hydrogens is 267 g/mol. The molecule has 6 heteroatoms. The van der Waals surface area contributed by atoms with Crippen molar-refractivity contribution < 1.29 is 13.9 Å². The summed E-state index contributed by atoms with van der Waals surface area (Å²) in [6.45, 7) is 0. The van der Waals surface area contributed by atoms with Gasteiger partial charge >= 0.3 is 5.97 Å². The standard InChI is InChI=1S/C13H13FN2O2S/c1-16(11-5-3-4-9(14)6-11)13-15-10(8-19-13)7-12(17)18-2/h3-6,8H,7H2,1-2H3. The second-order valence-electron chi connectivity index (χ2n) is 3.91. The van der Waals surface area contributed by atoms with Crippen LogP contribution in [-0.2, 0) is 16.0 Å². The van der Waals surface area contributed by atoms with Crippen LogP contribution >= 0.6 is 11.3 Å². The summed E-state index contributed by atoms with van der Waals surface area (Å²) < 4.78 is 17.7. The average Bonchev–Trinajstić information content (AvgIpc) is 2.86. The lowest BCUT2D eigenvalue weighted by atomic mass is 10.3. The largest absolute Gasteiger partial charge is 0.469 e. The zero-order valence-corrected chi connectivity index (χ0v) is 11.4. The van der Waals surface area contributed by atoms with Crippen LogP contribution in [0.25, 0.3) is 0 Å². The van der Waals surface area contributed by atoms with Gasteiger partial charge in [0.15, 0.2) is 5.13 Å². The van der Waals surface area contributed by atoms with Crippen LogP contribution in [0, 0.1) is 5.82 Å². The van der Waals surface area contributed by atoms with Crippen molar-refractivity contribution in [2.75, 3.05) is 19.1 Å².